The highest BCUT2D eigenvalue weighted by Crippen LogP contribution is 1.87. The highest BCUT2D eigenvalue weighted by atomic mass is 16.3. The van der Waals surface area contributed by atoms with E-state index in [1.54, 1.807) is 0 Å². The summed E-state index contributed by atoms with van der Waals surface area (Å²) in [5, 5.41) is 8.40. The molecule has 0 saturated heterocycles. The predicted octanol–water partition coefficient (Wildman–Crippen LogP) is -1.03. The van der Waals surface area contributed by atoms with E-state index in [1.165, 1.54) is 0 Å². The zero-order valence-electron chi connectivity index (χ0n) is 3.94. The zero-order chi connectivity index (χ0) is 5.11. The van der Waals surface area contributed by atoms with Crippen LogP contribution in [0.25, 0.3) is 0 Å². The molecule has 0 aromatic heterocycles. The van der Waals surface area contributed by atoms with E-state index in [1.807, 2.05) is 6.08 Å². The lowest BCUT2D eigenvalue weighted by Gasteiger charge is -1.95. The molecule has 0 aliphatic carbocycles. The molecule has 0 spiro atoms. The fraction of sp³-hybridized carbons (Fsp3) is 0.500. The molecule has 0 radical (unpaired) electrons. The molecule has 3 N–H and O–H groups in total. The fourth-order valence-electron chi connectivity index (χ4n) is 0.494. The van der Waals surface area contributed by atoms with Gasteiger partial charge in [0.25, 0.3) is 0 Å². The SMILES string of the molecule is OCC1=CCNN1. The van der Waals surface area contributed by atoms with Gasteiger partial charge in [-0.2, -0.15) is 0 Å². The Morgan fingerprint density at radius 2 is 2.71 bits per heavy atom. The smallest absolute Gasteiger partial charge is 0.0838 e. The molecular formula is C4H8N2O. The Bertz CT molecular complexity index is 89.7. The average molecular weight is 100 g/mol. The quantitative estimate of drug-likeness (QED) is 0.395. The molecule has 1 heterocycles. The molecule has 0 aromatic rings. The highest BCUT2D eigenvalue weighted by molar-refractivity contribution is 5.03. The Kier molecular flexibility index (Phi) is 1.29. The molecular weight excluding hydrogens is 92.1 g/mol. The van der Waals surface area contributed by atoms with E-state index < -0.39 is 0 Å². The third-order valence-corrected chi connectivity index (χ3v) is 0.870. The van der Waals surface area contributed by atoms with Gasteiger partial charge in [-0.25, -0.2) is 5.43 Å². The van der Waals surface area contributed by atoms with Crippen molar-refractivity contribution in [2.24, 2.45) is 0 Å². The van der Waals surface area contributed by atoms with Crippen LogP contribution in [0, 0.1) is 0 Å². The van der Waals surface area contributed by atoms with Crippen LogP contribution in [0.3, 0.4) is 0 Å². The van der Waals surface area contributed by atoms with E-state index in [0.717, 1.165) is 12.2 Å². The lowest BCUT2D eigenvalue weighted by molar-refractivity contribution is 0.321. The van der Waals surface area contributed by atoms with Gasteiger partial charge in [0.2, 0.25) is 0 Å². The number of nitrogens with one attached hydrogen (secondary N) is 2. The van der Waals surface area contributed by atoms with E-state index in [4.69, 9.17) is 5.11 Å². The molecule has 3 heteroatoms. The molecule has 0 fully saturated rings. The summed E-state index contributed by atoms with van der Waals surface area (Å²) < 4.78 is 0. The lowest BCUT2D eigenvalue weighted by Crippen LogP contribution is -2.24. The van der Waals surface area contributed by atoms with Crippen molar-refractivity contribution in [2.75, 3.05) is 13.2 Å². The van der Waals surface area contributed by atoms with Crippen LogP contribution in [-0.4, -0.2) is 18.3 Å². The van der Waals surface area contributed by atoms with Crippen LogP contribution in [0.2, 0.25) is 0 Å². The largest absolute Gasteiger partial charge is 0.390 e. The van der Waals surface area contributed by atoms with Crippen molar-refractivity contribution in [1.82, 2.24) is 10.9 Å². The molecule has 0 bridgehead atoms. The first-order valence-corrected chi connectivity index (χ1v) is 2.22. The van der Waals surface area contributed by atoms with Crippen molar-refractivity contribution in [3.8, 4) is 0 Å². The summed E-state index contributed by atoms with van der Waals surface area (Å²) in [5.41, 5.74) is 6.45. The summed E-state index contributed by atoms with van der Waals surface area (Å²) >= 11 is 0. The Hall–Kier alpha value is -0.540. The first kappa shape index (κ1) is 4.61. The minimum absolute atomic E-state index is 0.104. The number of hydrazine groups is 1. The number of hydrogen-bond acceptors (Lipinski definition) is 3. The first-order chi connectivity index (χ1) is 3.43. The number of hydrogen-bond donors (Lipinski definition) is 3. The molecule has 1 rings (SSSR count). The maximum atomic E-state index is 8.40. The summed E-state index contributed by atoms with van der Waals surface area (Å²) in [5.74, 6) is 0. The molecule has 7 heavy (non-hydrogen) atoms. The minimum atomic E-state index is 0.104. The van der Waals surface area contributed by atoms with Crippen LogP contribution in [0.5, 0.6) is 0 Å². The molecule has 0 aromatic carbocycles. The minimum Gasteiger partial charge on any atom is -0.390 e. The summed E-state index contributed by atoms with van der Waals surface area (Å²) in [6, 6.07) is 0. The van der Waals surface area contributed by atoms with Crippen molar-refractivity contribution >= 4 is 0 Å². The number of aliphatic hydroxyl groups excluding tert-OH is 1. The summed E-state index contributed by atoms with van der Waals surface area (Å²) in [7, 11) is 0. The van der Waals surface area contributed by atoms with Crippen molar-refractivity contribution < 1.29 is 5.11 Å². The van der Waals surface area contributed by atoms with Crippen molar-refractivity contribution in [3.05, 3.63) is 11.8 Å². The van der Waals surface area contributed by atoms with Gasteiger partial charge >= 0.3 is 0 Å². The summed E-state index contributed by atoms with van der Waals surface area (Å²) in [6.45, 7) is 0.920. The number of aliphatic hydroxyl groups is 1. The van der Waals surface area contributed by atoms with Crippen LogP contribution < -0.4 is 10.9 Å². The van der Waals surface area contributed by atoms with E-state index in [2.05, 4.69) is 10.9 Å². The maximum absolute atomic E-state index is 8.40. The van der Waals surface area contributed by atoms with Gasteiger partial charge in [0.15, 0.2) is 0 Å². The van der Waals surface area contributed by atoms with Crippen LogP contribution in [0.15, 0.2) is 11.8 Å². The molecule has 40 valence electrons. The Morgan fingerprint density at radius 3 is 3.00 bits per heavy atom. The van der Waals surface area contributed by atoms with Gasteiger partial charge in [-0.15, -0.1) is 0 Å². The molecule has 0 saturated carbocycles. The van der Waals surface area contributed by atoms with Gasteiger partial charge in [-0.05, 0) is 6.08 Å². The van der Waals surface area contributed by atoms with E-state index in [9.17, 15) is 0 Å². The van der Waals surface area contributed by atoms with Crippen LogP contribution in [0.4, 0.5) is 0 Å². The third-order valence-electron chi connectivity index (χ3n) is 0.870. The second-order valence-electron chi connectivity index (χ2n) is 1.39. The molecule has 0 atom stereocenters. The summed E-state index contributed by atoms with van der Waals surface area (Å²) in [6.07, 6.45) is 1.90. The molecule has 0 amide bonds. The standard InChI is InChI=1S/C4H8N2O/c7-3-4-1-2-5-6-4/h1,5-7H,2-3H2. The van der Waals surface area contributed by atoms with Gasteiger partial charge in [-0.1, -0.05) is 0 Å². The lowest BCUT2D eigenvalue weighted by atomic mass is 10.4. The van der Waals surface area contributed by atoms with Crippen molar-refractivity contribution in [1.29, 1.82) is 0 Å². The normalized spacial score (nSPS) is 18.7. The molecule has 3 nitrogen and oxygen atoms in total. The van der Waals surface area contributed by atoms with Crippen LogP contribution in [0.1, 0.15) is 0 Å². The third kappa shape index (κ3) is 0.913. The Balaban J connectivity index is 2.36. The van der Waals surface area contributed by atoms with E-state index in [-0.39, 0.29) is 6.61 Å². The Labute approximate surface area is 42.0 Å². The van der Waals surface area contributed by atoms with E-state index in [0.29, 0.717) is 0 Å². The van der Waals surface area contributed by atoms with Crippen LogP contribution >= 0.6 is 0 Å². The second kappa shape index (κ2) is 1.95. The van der Waals surface area contributed by atoms with Crippen molar-refractivity contribution in [3.63, 3.8) is 0 Å². The molecule has 1 aliphatic rings. The van der Waals surface area contributed by atoms with Crippen LogP contribution in [-0.2, 0) is 0 Å². The van der Waals surface area contributed by atoms with Gasteiger partial charge < -0.3 is 10.5 Å². The first-order valence-electron chi connectivity index (χ1n) is 2.22. The van der Waals surface area contributed by atoms with Gasteiger partial charge in [0.05, 0.1) is 6.61 Å². The molecule has 1 aliphatic heterocycles. The summed E-state index contributed by atoms with van der Waals surface area (Å²) in [4.78, 5) is 0. The predicted molar refractivity (Wildman–Crippen MR) is 26.3 cm³/mol. The van der Waals surface area contributed by atoms with E-state index >= 15 is 0 Å². The fourth-order valence-corrected chi connectivity index (χ4v) is 0.494. The monoisotopic (exact) mass is 100 g/mol. The number of rotatable bonds is 1. The zero-order valence-corrected chi connectivity index (χ0v) is 3.94. The van der Waals surface area contributed by atoms with Gasteiger partial charge in [-0.3, -0.25) is 0 Å². The topological polar surface area (TPSA) is 44.3 Å². The van der Waals surface area contributed by atoms with Gasteiger partial charge in [0.1, 0.15) is 0 Å². The molecule has 0 unspecified atom stereocenters. The van der Waals surface area contributed by atoms with Gasteiger partial charge in [0, 0.05) is 12.2 Å². The second-order valence-corrected chi connectivity index (χ2v) is 1.39. The maximum Gasteiger partial charge on any atom is 0.0838 e. The van der Waals surface area contributed by atoms with Crippen molar-refractivity contribution in [2.45, 2.75) is 0 Å². The highest BCUT2D eigenvalue weighted by Gasteiger charge is 1.96. The average Bonchev–Trinajstić information content (AvgIpc) is 2.14. The Morgan fingerprint density at radius 1 is 1.86 bits per heavy atom.